The van der Waals surface area contributed by atoms with E-state index in [1.54, 1.807) is 18.2 Å². The smallest absolute Gasteiger partial charge is 0.144 e. The van der Waals surface area contributed by atoms with Gasteiger partial charge in [0, 0.05) is 23.6 Å². The zero-order valence-electron chi connectivity index (χ0n) is 13.7. The minimum Gasteiger partial charge on any atom is -0.486 e. The zero-order chi connectivity index (χ0) is 18.1. The Morgan fingerprint density at radius 1 is 1.15 bits per heavy atom. The van der Waals surface area contributed by atoms with Gasteiger partial charge in [0.05, 0.1) is 34.5 Å². The predicted octanol–water partition coefficient (Wildman–Crippen LogP) is 4.43. The molecule has 2 aromatic carbocycles. The molecule has 1 atom stereocenters. The number of fused-ring (bicyclic) bond motifs is 1. The van der Waals surface area contributed by atoms with Gasteiger partial charge in [0.25, 0.3) is 0 Å². The van der Waals surface area contributed by atoms with Gasteiger partial charge < -0.3 is 20.5 Å². The van der Waals surface area contributed by atoms with Gasteiger partial charge in [-0.15, -0.1) is 0 Å². The van der Waals surface area contributed by atoms with Gasteiger partial charge in [0.2, 0.25) is 0 Å². The number of hydrogen-bond donors (Lipinski definition) is 2. The van der Waals surface area contributed by atoms with E-state index in [0.29, 0.717) is 40.5 Å². The van der Waals surface area contributed by atoms with E-state index >= 15 is 0 Å². The number of nitrogens with one attached hydrogen (secondary N) is 1. The molecule has 1 fully saturated rings. The first-order valence-electron chi connectivity index (χ1n) is 8.11. The Kier molecular flexibility index (Phi) is 4.72. The number of halogens is 2. The van der Waals surface area contributed by atoms with E-state index in [1.807, 2.05) is 12.1 Å². The highest BCUT2D eigenvalue weighted by molar-refractivity contribution is 6.42. The molecular weight excluding hydrogens is 375 g/mol. The van der Waals surface area contributed by atoms with Gasteiger partial charge in [-0.25, -0.2) is 9.97 Å². The van der Waals surface area contributed by atoms with Crippen molar-refractivity contribution in [3.63, 3.8) is 0 Å². The molecule has 3 aromatic rings. The first kappa shape index (κ1) is 17.1. The third kappa shape index (κ3) is 3.49. The summed E-state index contributed by atoms with van der Waals surface area (Å²) in [4.78, 5) is 8.64. The molecule has 0 saturated carbocycles. The lowest BCUT2D eigenvalue weighted by Crippen LogP contribution is -2.16. The Labute approximate surface area is 160 Å². The number of nitrogens with two attached hydrogens (primary N) is 1. The molecule has 134 valence electrons. The number of rotatable bonds is 4. The van der Waals surface area contributed by atoms with E-state index in [0.717, 1.165) is 23.0 Å². The van der Waals surface area contributed by atoms with E-state index in [1.165, 1.54) is 6.33 Å². The number of nitrogens with zero attached hydrogens (tertiary/aromatic N) is 2. The van der Waals surface area contributed by atoms with Crippen LogP contribution in [0.15, 0.2) is 36.7 Å². The minimum atomic E-state index is 0.0189. The van der Waals surface area contributed by atoms with Crippen LogP contribution in [0.1, 0.15) is 6.42 Å². The number of aromatic nitrogens is 2. The largest absolute Gasteiger partial charge is 0.486 e. The molecular formula is C18H16Cl2N4O2. The first-order valence-corrected chi connectivity index (χ1v) is 8.86. The molecule has 2 heterocycles. The molecule has 0 radical (unpaired) electrons. The van der Waals surface area contributed by atoms with Gasteiger partial charge in [0.1, 0.15) is 24.0 Å². The van der Waals surface area contributed by atoms with Gasteiger partial charge in [-0.2, -0.15) is 0 Å². The average Bonchev–Trinajstić information content (AvgIpc) is 3.13. The fraction of sp³-hybridized carbons (Fsp3) is 0.222. The highest BCUT2D eigenvalue weighted by Gasteiger charge is 2.19. The summed E-state index contributed by atoms with van der Waals surface area (Å²) in [5.41, 5.74) is 8.20. The van der Waals surface area contributed by atoms with E-state index in [2.05, 4.69) is 15.3 Å². The van der Waals surface area contributed by atoms with Crippen LogP contribution in [-0.4, -0.2) is 29.3 Å². The SMILES string of the molecule is Nc1cc2c(Nc3ccc(Cl)c(Cl)c3)ncnc2cc1O[C@H]1CCOC1. The molecule has 3 N–H and O–H groups in total. The second kappa shape index (κ2) is 7.15. The maximum absolute atomic E-state index is 6.18. The minimum absolute atomic E-state index is 0.0189. The van der Waals surface area contributed by atoms with E-state index in [4.69, 9.17) is 38.4 Å². The maximum Gasteiger partial charge on any atom is 0.144 e. The zero-order valence-corrected chi connectivity index (χ0v) is 15.2. The predicted molar refractivity (Wildman–Crippen MR) is 104 cm³/mol. The van der Waals surface area contributed by atoms with Crippen LogP contribution in [0.3, 0.4) is 0 Å². The summed E-state index contributed by atoms with van der Waals surface area (Å²) in [7, 11) is 0. The molecule has 26 heavy (non-hydrogen) atoms. The van der Waals surface area contributed by atoms with Crippen LogP contribution in [-0.2, 0) is 4.74 Å². The van der Waals surface area contributed by atoms with E-state index in [-0.39, 0.29) is 6.10 Å². The van der Waals surface area contributed by atoms with Crippen molar-refractivity contribution >= 4 is 51.3 Å². The van der Waals surface area contributed by atoms with Crippen LogP contribution in [0.4, 0.5) is 17.2 Å². The van der Waals surface area contributed by atoms with Gasteiger partial charge in [-0.05, 0) is 24.3 Å². The molecule has 0 unspecified atom stereocenters. The van der Waals surface area contributed by atoms with Crippen LogP contribution in [0.2, 0.25) is 10.0 Å². The van der Waals surface area contributed by atoms with Crippen molar-refractivity contribution in [1.82, 2.24) is 9.97 Å². The van der Waals surface area contributed by atoms with Crippen molar-refractivity contribution in [1.29, 1.82) is 0 Å². The number of hydrogen-bond acceptors (Lipinski definition) is 6. The average molecular weight is 391 g/mol. The van der Waals surface area contributed by atoms with Crippen molar-refractivity contribution in [2.75, 3.05) is 24.3 Å². The second-order valence-corrected chi connectivity index (χ2v) is 6.80. The van der Waals surface area contributed by atoms with Gasteiger partial charge in [-0.3, -0.25) is 0 Å². The molecule has 1 aliphatic rings. The molecule has 4 rings (SSSR count). The summed E-state index contributed by atoms with van der Waals surface area (Å²) in [6.45, 7) is 1.28. The summed E-state index contributed by atoms with van der Waals surface area (Å²) in [5.74, 6) is 1.23. The quantitative estimate of drug-likeness (QED) is 0.641. The van der Waals surface area contributed by atoms with Crippen molar-refractivity contribution < 1.29 is 9.47 Å². The fourth-order valence-electron chi connectivity index (χ4n) is 2.80. The third-order valence-corrected chi connectivity index (χ3v) is 4.87. The summed E-state index contributed by atoms with van der Waals surface area (Å²) >= 11 is 12.0. The van der Waals surface area contributed by atoms with Crippen molar-refractivity contribution in [2.45, 2.75) is 12.5 Å². The van der Waals surface area contributed by atoms with Crippen molar-refractivity contribution in [3.8, 4) is 5.75 Å². The maximum atomic E-state index is 6.18. The van der Waals surface area contributed by atoms with Crippen molar-refractivity contribution in [2.24, 2.45) is 0 Å². The van der Waals surface area contributed by atoms with Crippen molar-refractivity contribution in [3.05, 3.63) is 46.7 Å². The highest BCUT2D eigenvalue weighted by Crippen LogP contribution is 2.33. The summed E-state index contributed by atoms with van der Waals surface area (Å²) in [6, 6.07) is 8.91. The van der Waals surface area contributed by atoms with Gasteiger partial charge in [0.15, 0.2) is 0 Å². The Morgan fingerprint density at radius 3 is 2.81 bits per heavy atom. The Bertz CT molecular complexity index is 961. The van der Waals surface area contributed by atoms with Gasteiger partial charge >= 0.3 is 0 Å². The lowest BCUT2D eigenvalue weighted by Gasteiger charge is -2.15. The monoisotopic (exact) mass is 390 g/mol. The summed E-state index contributed by atoms with van der Waals surface area (Å²) in [5, 5.41) is 4.96. The highest BCUT2D eigenvalue weighted by atomic mass is 35.5. The van der Waals surface area contributed by atoms with Crippen LogP contribution in [0.5, 0.6) is 5.75 Å². The van der Waals surface area contributed by atoms with Crippen LogP contribution >= 0.6 is 23.2 Å². The summed E-state index contributed by atoms with van der Waals surface area (Å²) in [6.07, 6.45) is 2.36. The molecule has 0 spiro atoms. The molecule has 1 saturated heterocycles. The third-order valence-electron chi connectivity index (χ3n) is 4.13. The number of ether oxygens (including phenoxy) is 2. The second-order valence-electron chi connectivity index (χ2n) is 5.99. The van der Waals surface area contributed by atoms with Crippen LogP contribution in [0.25, 0.3) is 10.9 Å². The molecule has 1 aliphatic heterocycles. The number of anilines is 3. The Balaban J connectivity index is 1.67. The normalized spacial score (nSPS) is 16.8. The van der Waals surface area contributed by atoms with Crippen LogP contribution < -0.4 is 15.8 Å². The lowest BCUT2D eigenvalue weighted by molar-refractivity contribution is 0.142. The van der Waals surface area contributed by atoms with E-state index in [9.17, 15) is 0 Å². The summed E-state index contributed by atoms with van der Waals surface area (Å²) < 4.78 is 11.3. The Morgan fingerprint density at radius 2 is 2.04 bits per heavy atom. The van der Waals surface area contributed by atoms with E-state index < -0.39 is 0 Å². The standard InChI is InChI=1S/C18H16Cl2N4O2/c19-13-2-1-10(5-14(13)20)24-18-12-6-15(21)17(7-16(12)22-9-23-18)26-11-3-4-25-8-11/h1-2,5-7,9,11H,3-4,8,21H2,(H,22,23,24)/t11-/m0/s1. The fourth-order valence-corrected chi connectivity index (χ4v) is 3.10. The van der Waals surface area contributed by atoms with Crippen LogP contribution in [0, 0.1) is 0 Å². The molecule has 1 aromatic heterocycles. The Hall–Kier alpha value is -2.28. The molecule has 0 amide bonds. The molecule has 0 aliphatic carbocycles. The molecule has 8 heteroatoms. The lowest BCUT2D eigenvalue weighted by atomic mass is 10.2. The molecule has 6 nitrogen and oxygen atoms in total. The number of nitrogen functional groups attached to an aromatic ring is 1. The number of benzene rings is 2. The topological polar surface area (TPSA) is 82.3 Å². The first-order chi connectivity index (χ1) is 12.6. The van der Waals surface area contributed by atoms with Gasteiger partial charge in [-0.1, -0.05) is 23.2 Å². The molecule has 0 bridgehead atoms.